The van der Waals surface area contributed by atoms with Crippen LogP contribution in [-0.4, -0.2) is 90.1 Å². The van der Waals surface area contributed by atoms with Crippen molar-refractivity contribution < 1.29 is 22.7 Å². The number of fused-ring (bicyclic) bond motifs is 1. The SMILES string of the molecule is C=CC(=O)N1CCN(c2nc(OC)nc3c2CCN(c2cnccc2C(F)(F)F)C3)CC1CC#N.CN1CCCC1. The van der Waals surface area contributed by atoms with Gasteiger partial charge in [-0.2, -0.15) is 28.4 Å². The van der Waals surface area contributed by atoms with Crippen LogP contribution in [0.5, 0.6) is 6.01 Å². The van der Waals surface area contributed by atoms with Crippen LogP contribution in [0.25, 0.3) is 0 Å². The van der Waals surface area contributed by atoms with Gasteiger partial charge in [0.15, 0.2) is 0 Å². The summed E-state index contributed by atoms with van der Waals surface area (Å²) in [4.78, 5) is 32.7. The molecule has 1 amide bonds. The molecular weight excluding hydrogens is 537 g/mol. The van der Waals surface area contributed by atoms with Crippen molar-refractivity contribution in [3.05, 3.63) is 47.9 Å². The van der Waals surface area contributed by atoms with Crippen LogP contribution in [0.1, 0.15) is 36.1 Å². The van der Waals surface area contributed by atoms with Gasteiger partial charge in [0, 0.05) is 37.9 Å². The number of carbonyl (C=O) groups is 1. The molecule has 0 aliphatic carbocycles. The quantitative estimate of drug-likeness (QED) is 0.500. The van der Waals surface area contributed by atoms with Gasteiger partial charge in [-0.1, -0.05) is 6.58 Å². The van der Waals surface area contributed by atoms with Gasteiger partial charge in [-0.15, -0.1) is 0 Å². The molecule has 2 aromatic heterocycles. The number of methoxy groups -OCH3 is 1. The van der Waals surface area contributed by atoms with Crippen molar-refractivity contribution in [2.75, 3.05) is 63.2 Å². The van der Waals surface area contributed by atoms with E-state index in [4.69, 9.17) is 4.74 Å². The maximum atomic E-state index is 13.6. The topological polar surface area (TPSA) is 102 Å². The average Bonchev–Trinajstić information content (AvgIpc) is 3.46. The number of carbonyl (C=O) groups excluding carboxylic acids is 1. The van der Waals surface area contributed by atoms with Crippen molar-refractivity contribution in [1.82, 2.24) is 24.8 Å². The molecule has 0 N–H and O–H groups in total. The number of pyridine rings is 1. The number of aromatic nitrogens is 3. The molecule has 1 unspecified atom stereocenters. The van der Waals surface area contributed by atoms with Gasteiger partial charge in [0.25, 0.3) is 0 Å². The molecule has 10 nitrogen and oxygen atoms in total. The van der Waals surface area contributed by atoms with Crippen LogP contribution < -0.4 is 14.5 Å². The normalized spacial score (nSPS) is 19.1. The number of alkyl halides is 3. The van der Waals surface area contributed by atoms with Crippen molar-refractivity contribution in [2.45, 2.75) is 44.4 Å². The molecule has 3 aliphatic heterocycles. The first-order valence-corrected chi connectivity index (χ1v) is 13.6. The second-order valence-electron chi connectivity index (χ2n) is 10.2. The van der Waals surface area contributed by atoms with Crippen molar-refractivity contribution in [1.29, 1.82) is 5.26 Å². The van der Waals surface area contributed by atoms with Crippen molar-refractivity contribution >= 4 is 17.4 Å². The van der Waals surface area contributed by atoms with Crippen molar-refractivity contribution in [2.24, 2.45) is 0 Å². The molecule has 0 aromatic carbocycles. The number of halogens is 3. The summed E-state index contributed by atoms with van der Waals surface area (Å²) in [5.74, 6) is 0.377. The zero-order chi connectivity index (χ0) is 29.6. The first-order valence-electron chi connectivity index (χ1n) is 13.6. The van der Waals surface area contributed by atoms with Gasteiger partial charge >= 0.3 is 12.2 Å². The van der Waals surface area contributed by atoms with Gasteiger partial charge in [-0.3, -0.25) is 9.78 Å². The monoisotopic (exact) mass is 572 g/mol. The summed E-state index contributed by atoms with van der Waals surface area (Å²) in [6, 6.07) is 2.85. The zero-order valence-corrected chi connectivity index (χ0v) is 23.4. The molecule has 3 aliphatic rings. The summed E-state index contributed by atoms with van der Waals surface area (Å²) >= 11 is 0. The third-order valence-electron chi connectivity index (χ3n) is 7.55. The van der Waals surface area contributed by atoms with E-state index in [1.807, 2.05) is 4.90 Å². The van der Waals surface area contributed by atoms with Gasteiger partial charge in [0.2, 0.25) is 5.91 Å². The highest BCUT2D eigenvalue weighted by Crippen LogP contribution is 2.38. The number of hydrogen-bond donors (Lipinski definition) is 0. The number of amides is 1. The lowest BCUT2D eigenvalue weighted by Gasteiger charge is -2.42. The standard InChI is InChI=1S/C23H24F3N7O2.C5H11N/c1-3-20(34)33-11-10-32(13-15(33)4-7-27)21-16-6-9-31(14-18(16)29-22(30-21)35-2)19-12-28-8-5-17(19)23(24,25)26;1-6-4-2-3-5-6/h3,5,8,12,15H,1,4,6,9-11,13-14H2,2H3;2-5H2,1H3. The molecule has 220 valence electrons. The van der Waals surface area contributed by atoms with E-state index >= 15 is 0 Å². The Morgan fingerprint density at radius 2 is 1.95 bits per heavy atom. The van der Waals surface area contributed by atoms with Crippen LogP contribution in [0.2, 0.25) is 0 Å². The Morgan fingerprint density at radius 3 is 2.56 bits per heavy atom. The highest BCUT2D eigenvalue weighted by Gasteiger charge is 2.37. The van der Waals surface area contributed by atoms with Gasteiger partial charge in [-0.05, 0) is 51.5 Å². The summed E-state index contributed by atoms with van der Waals surface area (Å²) in [7, 11) is 3.60. The minimum Gasteiger partial charge on any atom is -0.467 e. The zero-order valence-electron chi connectivity index (χ0n) is 23.4. The summed E-state index contributed by atoms with van der Waals surface area (Å²) in [5, 5.41) is 9.27. The van der Waals surface area contributed by atoms with E-state index in [0.717, 1.165) is 17.8 Å². The number of ether oxygens (including phenoxy) is 1. The van der Waals surface area contributed by atoms with Crippen LogP contribution >= 0.6 is 0 Å². The second-order valence-corrected chi connectivity index (χ2v) is 10.2. The van der Waals surface area contributed by atoms with E-state index in [9.17, 15) is 23.2 Å². The molecule has 0 spiro atoms. The summed E-state index contributed by atoms with van der Waals surface area (Å²) in [5.41, 5.74) is 0.630. The van der Waals surface area contributed by atoms with Crippen molar-refractivity contribution in [3.63, 3.8) is 0 Å². The molecular formula is C28H35F3N8O2. The molecule has 5 rings (SSSR count). The third-order valence-corrected chi connectivity index (χ3v) is 7.55. The predicted octanol–water partition coefficient (Wildman–Crippen LogP) is 3.29. The molecule has 2 aromatic rings. The Labute approximate surface area is 238 Å². The Hall–Kier alpha value is -3.92. The number of piperazine rings is 1. The predicted molar refractivity (Wildman–Crippen MR) is 147 cm³/mol. The molecule has 0 saturated carbocycles. The minimum absolute atomic E-state index is 0.00425. The fourth-order valence-electron chi connectivity index (χ4n) is 5.44. The molecule has 5 heterocycles. The molecule has 0 radical (unpaired) electrons. The number of hydrogen-bond acceptors (Lipinski definition) is 9. The maximum Gasteiger partial charge on any atom is 0.418 e. The Bertz CT molecular complexity index is 1280. The fraction of sp³-hybridized carbons (Fsp3) is 0.536. The number of anilines is 2. The lowest BCUT2D eigenvalue weighted by molar-refractivity contribution is -0.137. The fourth-order valence-corrected chi connectivity index (χ4v) is 5.44. The average molecular weight is 573 g/mol. The number of nitriles is 1. The molecule has 0 bridgehead atoms. The Morgan fingerprint density at radius 1 is 1.20 bits per heavy atom. The first kappa shape index (κ1) is 30.0. The van der Waals surface area contributed by atoms with E-state index < -0.39 is 11.7 Å². The molecule has 2 saturated heterocycles. The molecule has 13 heteroatoms. The maximum absolute atomic E-state index is 13.6. The Balaban J connectivity index is 0.000000572. The van der Waals surface area contributed by atoms with E-state index in [1.165, 1.54) is 45.3 Å². The summed E-state index contributed by atoms with van der Waals surface area (Å²) in [6.07, 6.45) is 2.46. The molecule has 41 heavy (non-hydrogen) atoms. The van der Waals surface area contributed by atoms with Gasteiger partial charge in [0.1, 0.15) is 5.82 Å². The number of nitrogens with zero attached hydrogens (tertiary/aromatic N) is 8. The minimum atomic E-state index is -4.51. The van der Waals surface area contributed by atoms with E-state index in [2.05, 4.69) is 39.5 Å². The van der Waals surface area contributed by atoms with E-state index in [0.29, 0.717) is 44.1 Å². The smallest absolute Gasteiger partial charge is 0.418 e. The number of likely N-dealkylation sites (tertiary alicyclic amines) is 1. The lowest BCUT2D eigenvalue weighted by Crippen LogP contribution is -2.55. The van der Waals surface area contributed by atoms with Crippen LogP contribution in [0.3, 0.4) is 0 Å². The third kappa shape index (κ3) is 7.05. The molecule has 1 atom stereocenters. The van der Waals surface area contributed by atoms with Crippen LogP contribution in [0, 0.1) is 11.3 Å². The van der Waals surface area contributed by atoms with Gasteiger partial charge < -0.3 is 24.3 Å². The molecule has 2 fully saturated rings. The highest BCUT2D eigenvalue weighted by molar-refractivity contribution is 5.87. The Kier molecular flexibility index (Phi) is 9.65. The largest absolute Gasteiger partial charge is 0.467 e. The van der Waals surface area contributed by atoms with E-state index in [1.54, 1.807) is 9.80 Å². The van der Waals surface area contributed by atoms with Crippen LogP contribution in [-0.2, 0) is 23.9 Å². The van der Waals surface area contributed by atoms with Crippen LogP contribution in [0.15, 0.2) is 31.1 Å². The first-order chi connectivity index (χ1) is 19.7. The van der Waals surface area contributed by atoms with Gasteiger partial charge in [0.05, 0.1) is 55.3 Å². The van der Waals surface area contributed by atoms with Crippen molar-refractivity contribution in [3.8, 4) is 12.1 Å². The lowest BCUT2D eigenvalue weighted by atomic mass is 10.0. The van der Waals surface area contributed by atoms with E-state index in [-0.39, 0.29) is 36.6 Å². The highest BCUT2D eigenvalue weighted by atomic mass is 19.4. The summed E-state index contributed by atoms with van der Waals surface area (Å²) in [6.45, 7) is 7.86. The number of rotatable bonds is 5. The second kappa shape index (κ2) is 13.2. The van der Waals surface area contributed by atoms with Crippen LogP contribution in [0.4, 0.5) is 24.7 Å². The summed E-state index contributed by atoms with van der Waals surface area (Å²) < 4.78 is 46.0. The van der Waals surface area contributed by atoms with Gasteiger partial charge in [-0.25, -0.2) is 0 Å².